The summed E-state index contributed by atoms with van der Waals surface area (Å²) in [5.74, 6) is 0. The Bertz CT molecular complexity index is 497. The van der Waals surface area contributed by atoms with E-state index in [-0.39, 0.29) is 12.1 Å². The SMILES string of the molecule is C[C@H](CNc1ccccc1)NC(=O)Nc1cn[nH]c1. The summed E-state index contributed by atoms with van der Waals surface area (Å²) in [6.07, 6.45) is 3.17. The Morgan fingerprint density at radius 1 is 1.32 bits per heavy atom. The second-order valence-electron chi connectivity index (χ2n) is 4.23. The largest absolute Gasteiger partial charge is 0.383 e. The number of rotatable bonds is 5. The molecule has 0 fully saturated rings. The third kappa shape index (κ3) is 4.34. The van der Waals surface area contributed by atoms with Gasteiger partial charge in [0.15, 0.2) is 0 Å². The van der Waals surface area contributed by atoms with Gasteiger partial charge in [0.25, 0.3) is 0 Å². The minimum Gasteiger partial charge on any atom is -0.383 e. The van der Waals surface area contributed by atoms with Gasteiger partial charge in [0.2, 0.25) is 0 Å². The average molecular weight is 259 g/mol. The molecule has 0 spiro atoms. The molecular formula is C13H17N5O. The molecule has 0 bridgehead atoms. The van der Waals surface area contributed by atoms with Crippen molar-refractivity contribution in [2.24, 2.45) is 0 Å². The zero-order valence-corrected chi connectivity index (χ0v) is 10.7. The summed E-state index contributed by atoms with van der Waals surface area (Å²) >= 11 is 0. The van der Waals surface area contributed by atoms with Crippen LogP contribution in [0.15, 0.2) is 42.7 Å². The maximum Gasteiger partial charge on any atom is 0.319 e. The molecule has 2 aromatic rings. The van der Waals surface area contributed by atoms with E-state index in [4.69, 9.17) is 0 Å². The maximum atomic E-state index is 11.6. The number of carbonyl (C=O) groups excluding carboxylic acids is 1. The molecule has 1 aromatic heterocycles. The summed E-state index contributed by atoms with van der Waals surface area (Å²) in [6.45, 7) is 2.59. The van der Waals surface area contributed by atoms with Gasteiger partial charge in [-0.05, 0) is 19.1 Å². The summed E-state index contributed by atoms with van der Waals surface area (Å²) < 4.78 is 0. The number of aromatic amines is 1. The highest BCUT2D eigenvalue weighted by Crippen LogP contribution is 2.05. The fourth-order valence-electron chi connectivity index (χ4n) is 1.59. The zero-order valence-electron chi connectivity index (χ0n) is 10.7. The smallest absolute Gasteiger partial charge is 0.319 e. The third-order valence-electron chi connectivity index (χ3n) is 2.52. The van der Waals surface area contributed by atoms with Crippen molar-refractivity contribution in [1.29, 1.82) is 0 Å². The number of amides is 2. The first-order valence-corrected chi connectivity index (χ1v) is 6.09. The standard InChI is InChI=1S/C13H17N5O/c1-10(7-14-11-5-3-2-4-6-11)17-13(19)18-12-8-15-16-9-12/h2-6,8-10,14H,7H2,1H3,(H,15,16)(H2,17,18,19)/t10-/m1/s1. The van der Waals surface area contributed by atoms with E-state index in [1.165, 1.54) is 0 Å². The molecule has 19 heavy (non-hydrogen) atoms. The van der Waals surface area contributed by atoms with Gasteiger partial charge in [-0.1, -0.05) is 18.2 Å². The van der Waals surface area contributed by atoms with E-state index in [9.17, 15) is 4.79 Å². The van der Waals surface area contributed by atoms with Crippen molar-refractivity contribution in [3.05, 3.63) is 42.7 Å². The van der Waals surface area contributed by atoms with E-state index < -0.39 is 0 Å². The molecule has 0 aliphatic carbocycles. The molecule has 6 heteroatoms. The van der Waals surface area contributed by atoms with Gasteiger partial charge in [0.1, 0.15) is 0 Å². The van der Waals surface area contributed by atoms with Crippen molar-refractivity contribution in [3.63, 3.8) is 0 Å². The molecule has 0 aliphatic rings. The van der Waals surface area contributed by atoms with E-state index in [1.54, 1.807) is 12.4 Å². The van der Waals surface area contributed by atoms with Crippen molar-refractivity contribution in [1.82, 2.24) is 15.5 Å². The van der Waals surface area contributed by atoms with Gasteiger partial charge >= 0.3 is 6.03 Å². The number of para-hydroxylation sites is 1. The van der Waals surface area contributed by atoms with E-state index in [0.717, 1.165) is 5.69 Å². The molecule has 2 amide bonds. The molecular weight excluding hydrogens is 242 g/mol. The van der Waals surface area contributed by atoms with Gasteiger partial charge in [-0.15, -0.1) is 0 Å². The predicted octanol–water partition coefficient (Wildman–Crippen LogP) is 2.03. The maximum absolute atomic E-state index is 11.6. The van der Waals surface area contributed by atoms with Crippen molar-refractivity contribution in [2.75, 3.05) is 17.2 Å². The van der Waals surface area contributed by atoms with E-state index in [2.05, 4.69) is 26.1 Å². The second kappa shape index (κ2) is 6.44. The molecule has 0 aliphatic heterocycles. The van der Waals surface area contributed by atoms with Crippen LogP contribution in [0.3, 0.4) is 0 Å². The minimum atomic E-state index is -0.247. The van der Waals surface area contributed by atoms with Crippen LogP contribution < -0.4 is 16.0 Å². The predicted molar refractivity (Wildman–Crippen MR) is 75.1 cm³/mol. The zero-order chi connectivity index (χ0) is 13.5. The Balaban J connectivity index is 1.72. The van der Waals surface area contributed by atoms with Crippen LogP contribution in [0, 0.1) is 0 Å². The van der Waals surface area contributed by atoms with E-state index in [0.29, 0.717) is 12.2 Å². The molecule has 100 valence electrons. The summed E-state index contributed by atoms with van der Waals surface area (Å²) in [5.41, 5.74) is 1.67. The highest BCUT2D eigenvalue weighted by molar-refractivity contribution is 5.89. The lowest BCUT2D eigenvalue weighted by Crippen LogP contribution is -2.39. The summed E-state index contributed by atoms with van der Waals surface area (Å²) in [7, 11) is 0. The third-order valence-corrected chi connectivity index (χ3v) is 2.52. The number of hydrogen-bond acceptors (Lipinski definition) is 3. The van der Waals surface area contributed by atoms with E-state index in [1.807, 2.05) is 37.3 Å². The second-order valence-corrected chi connectivity index (χ2v) is 4.23. The van der Waals surface area contributed by atoms with Gasteiger partial charge < -0.3 is 16.0 Å². The van der Waals surface area contributed by atoms with Crippen LogP contribution in [0.25, 0.3) is 0 Å². The van der Waals surface area contributed by atoms with Crippen molar-refractivity contribution in [3.8, 4) is 0 Å². The lowest BCUT2D eigenvalue weighted by molar-refractivity contribution is 0.249. The number of H-pyrrole nitrogens is 1. The molecule has 4 N–H and O–H groups in total. The quantitative estimate of drug-likeness (QED) is 0.663. The molecule has 0 unspecified atom stereocenters. The van der Waals surface area contributed by atoms with Crippen LogP contribution in [-0.4, -0.2) is 28.8 Å². The van der Waals surface area contributed by atoms with Crippen LogP contribution >= 0.6 is 0 Å². The molecule has 1 heterocycles. The first-order valence-electron chi connectivity index (χ1n) is 6.09. The number of benzene rings is 1. The molecule has 1 atom stereocenters. The molecule has 0 saturated carbocycles. The van der Waals surface area contributed by atoms with Crippen molar-refractivity contribution in [2.45, 2.75) is 13.0 Å². The van der Waals surface area contributed by atoms with Crippen LogP contribution in [0.2, 0.25) is 0 Å². The number of nitrogens with zero attached hydrogens (tertiary/aromatic N) is 1. The van der Waals surface area contributed by atoms with Crippen LogP contribution in [0.5, 0.6) is 0 Å². The fraction of sp³-hybridized carbons (Fsp3) is 0.231. The summed E-state index contributed by atoms with van der Waals surface area (Å²) in [4.78, 5) is 11.6. The summed E-state index contributed by atoms with van der Waals surface area (Å²) in [5, 5.41) is 15.1. The van der Waals surface area contributed by atoms with Gasteiger partial charge in [-0.2, -0.15) is 5.10 Å². The molecule has 6 nitrogen and oxygen atoms in total. The molecule has 1 aromatic carbocycles. The molecule has 0 saturated heterocycles. The first-order chi connectivity index (χ1) is 9.24. The fourth-order valence-corrected chi connectivity index (χ4v) is 1.59. The number of nitrogens with one attached hydrogen (secondary N) is 4. The number of carbonyl (C=O) groups is 1. The minimum absolute atomic E-state index is 0.00658. The Morgan fingerprint density at radius 3 is 2.79 bits per heavy atom. The summed E-state index contributed by atoms with van der Waals surface area (Å²) in [6, 6.07) is 9.62. The van der Waals surface area contributed by atoms with Crippen molar-refractivity contribution >= 4 is 17.4 Å². The molecule has 0 radical (unpaired) electrons. The lowest BCUT2D eigenvalue weighted by atomic mass is 10.3. The van der Waals surface area contributed by atoms with Crippen LogP contribution in [0.1, 0.15) is 6.92 Å². The number of hydrogen-bond donors (Lipinski definition) is 4. The van der Waals surface area contributed by atoms with Crippen LogP contribution in [-0.2, 0) is 0 Å². The van der Waals surface area contributed by atoms with Crippen LogP contribution in [0.4, 0.5) is 16.2 Å². The molecule has 2 rings (SSSR count). The van der Waals surface area contributed by atoms with E-state index >= 15 is 0 Å². The van der Waals surface area contributed by atoms with Gasteiger partial charge in [-0.3, -0.25) is 5.10 Å². The normalized spacial score (nSPS) is 11.6. The topological polar surface area (TPSA) is 81.8 Å². The number of urea groups is 1. The lowest BCUT2D eigenvalue weighted by Gasteiger charge is -2.15. The highest BCUT2D eigenvalue weighted by Gasteiger charge is 2.07. The number of aromatic nitrogens is 2. The van der Waals surface area contributed by atoms with Gasteiger partial charge in [0.05, 0.1) is 11.9 Å². The average Bonchev–Trinajstić information content (AvgIpc) is 2.90. The number of anilines is 2. The first kappa shape index (κ1) is 12.9. The Hall–Kier alpha value is -2.50. The Morgan fingerprint density at radius 2 is 2.11 bits per heavy atom. The van der Waals surface area contributed by atoms with Crippen molar-refractivity contribution < 1.29 is 4.79 Å². The van der Waals surface area contributed by atoms with Gasteiger partial charge in [0, 0.05) is 24.5 Å². The Labute approximate surface area is 111 Å². The van der Waals surface area contributed by atoms with Gasteiger partial charge in [-0.25, -0.2) is 4.79 Å². The monoisotopic (exact) mass is 259 g/mol. The highest BCUT2D eigenvalue weighted by atomic mass is 16.2. The Kier molecular flexibility index (Phi) is 4.39.